The number of piperazine rings is 1. The van der Waals surface area contributed by atoms with Gasteiger partial charge in [-0.05, 0) is 18.2 Å². The van der Waals surface area contributed by atoms with Gasteiger partial charge in [-0.25, -0.2) is 4.39 Å². The maximum atomic E-state index is 13.0. The van der Waals surface area contributed by atoms with E-state index in [1.807, 2.05) is 6.07 Å². The molecule has 1 aromatic rings. The number of carbonyl (C=O) groups excluding carboxylic acids is 1. The first-order valence-corrected chi connectivity index (χ1v) is 5.30. The maximum absolute atomic E-state index is 13.0. The van der Waals surface area contributed by atoms with Crippen molar-refractivity contribution in [3.63, 3.8) is 0 Å². The van der Waals surface area contributed by atoms with Crippen molar-refractivity contribution in [1.29, 1.82) is 5.26 Å². The lowest BCUT2D eigenvalue weighted by Crippen LogP contribution is -2.48. The van der Waals surface area contributed by atoms with Crippen molar-refractivity contribution in [1.82, 2.24) is 4.90 Å². The lowest BCUT2D eigenvalue weighted by atomic mass is 10.1. The predicted octanol–water partition coefficient (Wildman–Crippen LogP) is 0.976. The van der Waals surface area contributed by atoms with Crippen LogP contribution in [0, 0.1) is 17.1 Å². The van der Waals surface area contributed by atoms with Gasteiger partial charge < -0.3 is 9.80 Å². The van der Waals surface area contributed by atoms with Gasteiger partial charge in [0.25, 0.3) is 0 Å². The highest BCUT2D eigenvalue weighted by Gasteiger charge is 2.22. The topological polar surface area (TPSA) is 47.3 Å². The Labute approximate surface area is 98.9 Å². The van der Waals surface area contributed by atoms with Crippen LogP contribution in [0.2, 0.25) is 0 Å². The van der Waals surface area contributed by atoms with E-state index >= 15 is 0 Å². The lowest BCUT2D eigenvalue weighted by molar-refractivity contribution is -0.129. The third kappa shape index (κ3) is 2.21. The molecule has 1 fully saturated rings. The Kier molecular flexibility index (Phi) is 2.96. The molecule has 5 heteroatoms. The Bertz CT molecular complexity index is 495. The molecule has 0 saturated carbocycles. The molecule has 1 aliphatic heterocycles. The number of rotatable bonds is 1. The minimum Gasteiger partial charge on any atom is -0.359 e. The molecule has 88 valence electrons. The van der Waals surface area contributed by atoms with Gasteiger partial charge in [-0.2, -0.15) is 5.26 Å². The van der Waals surface area contributed by atoms with Crippen LogP contribution >= 0.6 is 0 Å². The minimum absolute atomic E-state index is 0.00413. The summed E-state index contributed by atoms with van der Waals surface area (Å²) in [5.74, 6) is -0.435. The van der Waals surface area contributed by atoms with Gasteiger partial charge in [0.1, 0.15) is 11.9 Å². The second-order valence-corrected chi connectivity index (χ2v) is 4.01. The van der Waals surface area contributed by atoms with Crippen molar-refractivity contribution in [2.75, 3.05) is 31.6 Å². The molecule has 17 heavy (non-hydrogen) atoms. The largest absolute Gasteiger partial charge is 0.359 e. The molecule has 0 aliphatic carbocycles. The Morgan fingerprint density at radius 3 is 2.82 bits per heavy atom. The quantitative estimate of drug-likeness (QED) is 0.726. The molecule has 1 aliphatic rings. The van der Waals surface area contributed by atoms with E-state index in [1.165, 1.54) is 12.1 Å². The van der Waals surface area contributed by atoms with E-state index in [4.69, 9.17) is 5.26 Å². The summed E-state index contributed by atoms with van der Waals surface area (Å²) in [4.78, 5) is 15.0. The van der Waals surface area contributed by atoms with E-state index in [-0.39, 0.29) is 18.0 Å². The number of hydrogen-bond donors (Lipinski definition) is 0. The number of benzene rings is 1. The third-order valence-corrected chi connectivity index (χ3v) is 2.88. The van der Waals surface area contributed by atoms with Crippen LogP contribution in [0.25, 0.3) is 0 Å². The summed E-state index contributed by atoms with van der Waals surface area (Å²) in [5.41, 5.74) is 0.887. The molecule has 0 radical (unpaired) electrons. The van der Waals surface area contributed by atoms with Crippen LogP contribution in [0.5, 0.6) is 0 Å². The first kappa shape index (κ1) is 11.4. The zero-order valence-electron chi connectivity index (χ0n) is 9.48. The highest BCUT2D eigenvalue weighted by molar-refractivity contribution is 5.83. The maximum Gasteiger partial charge on any atom is 0.241 e. The number of nitrogens with zero attached hydrogens (tertiary/aromatic N) is 3. The molecule has 0 N–H and O–H groups in total. The van der Waals surface area contributed by atoms with Gasteiger partial charge in [0.05, 0.1) is 17.8 Å². The minimum atomic E-state index is -0.439. The van der Waals surface area contributed by atoms with Gasteiger partial charge in [-0.15, -0.1) is 0 Å². The number of hydrogen-bond acceptors (Lipinski definition) is 3. The van der Waals surface area contributed by atoms with Gasteiger partial charge in [0.2, 0.25) is 5.91 Å². The molecule has 1 saturated heterocycles. The van der Waals surface area contributed by atoms with Gasteiger partial charge >= 0.3 is 0 Å². The fourth-order valence-corrected chi connectivity index (χ4v) is 1.84. The molecule has 0 atom stereocenters. The summed E-state index contributed by atoms with van der Waals surface area (Å²) < 4.78 is 13.0. The molecule has 0 aromatic heterocycles. The lowest BCUT2D eigenvalue weighted by Gasteiger charge is -2.33. The third-order valence-electron chi connectivity index (χ3n) is 2.88. The molecular weight excluding hydrogens is 221 g/mol. The molecule has 1 aromatic carbocycles. The van der Waals surface area contributed by atoms with Gasteiger partial charge in [-0.1, -0.05) is 0 Å². The number of halogens is 1. The van der Waals surface area contributed by atoms with E-state index in [9.17, 15) is 9.18 Å². The number of nitriles is 1. The number of amides is 1. The molecule has 0 unspecified atom stereocenters. The monoisotopic (exact) mass is 233 g/mol. The summed E-state index contributed by atoms with van der Waals surface area (Å²) in [7, 11) is 1.75. The fourth-order valence-electron chi connectivity index (χ4n) is 1.84. The molecule has 0 spiro atoms. The van der Waals surface area contributed by atoms with Crippen molar-refractivity contribution in [3.05, 3.63) is 29.6 Å². The van der Waals surface area contributed by atoms with Crippen LogP contribution in [-0.2, 0) is 4.79 Å². The van der Waals surface area contributed by atoms with Gasteiger partial charge in [0, 0.05) is 20.1 Å². The first-order chi connectivity index (χ1) is 8.11. The highest BCUT2D eigenvalue weighted by atomic mass is 19.1. The summed E-state index contributed by atoms with van der Waals surface area (Å²) in [6.07, 6.45) is 0. The van der Waals surface area contributed by atoms with Crippen molar-refractivity contribution >= 4 is 11.6 Å². The van der Waals surface area contributed by atoms with Crippen molar-refractivity contribution in [2.24, 2.45) is 0 Å². The predicted molar refractivity (Wildman–Crippen MR) is 61.0 cm³/mol. The fraction of sp³-hybridized carbons (Fsp3) is 0.333. The van der Waals surface area contributed by atoms with Crippen molar-refractivity contribution in [2.45, 2.75) is 0 Å². The smallest absolute Gasteiger partial charge is 0.241 e. The Morgan fingerprint density at radius 2 is 2.18 bits per heavy atom. The molecule has 1 heterocycles. The number of likely N-dealkylation sites (N-methyl/N-ethyl adjacent to an activating group) is 1. The van der Waals surface area contributed by atoms with Crippen LogP contribution < -0.4 is 4.90 Å². The molecule has 4 nitrogen and oxygen atoms in total. The SMILES string of the molecule is CN1CCN(c2ccc(F)cc2C#N)CC1=O. The highest BCUT2D eigenvalue weighted by Crippen LogP contribution is 2.22. The van der Waals surface area contributed by atoms with E-state index in [0.717, 1.165) is 0 Å². The number of carbonyl (C=O) groups is 1. The van der Waals surface area contributed by atoms with Crippen LogP contribution in [0.15, 0.2) is 18.2 Å². The normalized spacial score (nSPS) is 15.9. The molecule has 1 amide bonds. The van der Waals surface area contributed by atoms with E-state index < -0.39 is 5.82 Å². The summed E-state index contributed by atoms with van der Waals surface area (Å²) in [5, 5.41) is 8.95. The second-order valence-electron chi connectivity index (χ2n) is 4.01. The van der Waals surface area contributed by atoms with Crippen LogP contribution in [0.1, 0.15) is 5.56 Å². The van der Waals surface area contributed by atoms with E-state index in [1.54, 1.807) is 22.9 Å². The van der Waals surface area contributed by atoms with E-state index in [2.05, 4.69) is 0 Å². The average molecular weight is 233 g/mol. The Balaban J connectivity index is 2.29. The van der Waals surface area contributed by atoms with Crippen LogP contribution in [-0.4, -0.2) is 37.5 Å². The summed E-state index contributed by atoms with van der Waals surface area (Å²) >= 11 is 0. The summed E-state index contributed by atoms with van der Waals surface area (Å²) in [6.45, 7) is 1.50. The number of anilines is 1. The standard InChI is InChI=1S/C12H12FN3O/c1-15-4-5-16(8-12(15)17)11-3-2-10(13)6-9(11)7-14/h2-3,6H,4-5,8H2,1H3. The van der Waals surface area contributed by atoms with Gasteiger partial charge in [0.15, 0.2) is 0 Å². The Morgan fingerprint density at radius 1 is 1.41 bits per heavy atom. The molecule has 0 bridgehead atoms. The van der Waals surface area contributed by atoms with Gasteiger partial charge in [-0.3, -0.25) is 4.79 Å². The van der Waals surface area contributed by atoms with Crippen LogP contribution in [0.4, 0.5) is 10.1 Å². The molecular formula is C12H12FN3O. The average Bonchev–Trinajstić information content (AvgIpc) is 2.32. The zero-order valence-corrected chi connectivity index (χ0v) is 9.48. The zero-order chi connectivity index (χ0) is 12.4. The Hall–Kier alpha value is -2.09. The van der Waals surface area contributed by atoms with Crippen molar-refractivity contribution < 1.29 is 9.18 Å². The first-order valence-electron chi connectivity index (χ1n) is 5.30. The summed E-state index contributed by atoms with van der Waals surface area (Å²) in [6, 6.07) is 6.00. The van der Waals surface area contributed by atoms with E-state index in [0.29, 0.717) is 18.8 Å². The van der Waals surface area contributed by atoms with Crippen molar-refractivity contribution in [3.8, 4) is 6.07 Å². The molecule has 2 rings (SSSR count). The second kappa shape index (κ2) is 4.42. The van der Waals surface area contributed by atoms with Crippen LogP contribution in [0.3, 0.4) is 0 Å².